The van der Waals surface area contributed by atoms with Crippen molar-refractivity contribution in [3.05, 3.63) is 68.7 Å². The summed E-state index contributed by atoms with van der Waals surface area (Å²) in [5.41, 5.74) is 1.69. The van der Waals surface area contributed by atoms with Crippen LogP contribution in [0.2, 0.25) is 5.02 Å². The number of aryl methyl sites for hydroxylation is 2. The zero-order valence-electron chi connectivity index (χ0n) is 18.1. The normalized spacial score (nSPS) is 13.6. The van der Waals surface area contributed by atoms with Crippen LogP contribution in [0.1, 0.15) is 16.7 Å². The molecule has 0 aliphatic heterocycles. The van der Waals surface area contributed by atoms with Crippen LogP contribution in [0.3, 0.4) is 0 Å². The molecule has 0 spiro atoms. The molecule has 1 atom stereocenters. The van der Waals surface area contributed by atoms with Crippen molar-refractivity contribution in [2.24, 2.45) is 0 Å². The van der Waals surface area contributed by atoms with E-state index in [-0.39, 0.29) is 22.1 Å². The highest BCUT2D eigenvalue weighted by molar-refractivity contribution is 8.09. The summed E-state index contributed by atoms with van der Waals surface area (Å²) in [5, 5.41) is 0.259. The van der Waals surface area contributed by atoms with Crippen LogP contribution in [-0.2, 0) is 16.3 Å². The molecule has 1 aromatic carbocycles. The lowest BCUT2D eigenvalue weighted by atomic mass is 9.97. The lowest BCUT2D eigenvalue weighted by Gasteiger charge is -2.24. The van der Waals surface area contributed by atoms with Crippen molar-refractivity contribution in [1.29, 1.82) is 0 Å². The topological polar surface area (TPSA) is 61.6 Å². The number of hydrogen-bond acceptors (Lipinski definition) is 6. The molecule has 0 aliphatic rings. The van der Waals surface area contributed by atoms with Gasteiger partial charge in [-0.15, -0.1) is 0 Å². The van der Waals surface area contributed by atoms with Gasteiger partial charge in [0.25, 0.3) is 0 Å². The fourth-order valence-corrected chi connectivity index (χ4v) is 5.08. The summed E-state index contributed by atoms with van der Waals surface area (Å²) >= 11 is 11.7. The van der Waals surface area contributed by atoms with Crippen molar-refractivity contribution in [2.45, 2.75) is 26.9 Å². The predicted molar refractivity (Wildman–Crippen MR) is 126 cm³/mol. The quantitative estimate of drug-likeness (QED) is 0.333. The number of benzene rings is 1. The number of pyridine rings is 1. The van der Waals surface area contributed by atoms with Gasteiger partial charge in [0.05, 0.1) is 0 Å². The molecular weight excluding hydrogens is 498 g/mol. The summed E-state index contributed by atoms with van der Waals surface area (Å²) in [6.45, 7) is 1.39. The first-order valence-electron chi connectivity index (χ1n) is 9.63. The Morgan fingerprint density at radius 1 is 1.18 bits per heavy atom. The molecule has 0 bridgehead atoms. The first kappa shape index (κ1) is 25.4. The molecule has 3 rings (SSSR count). The van der Waals surface area contributed by atoms with Gasteiger partial charge in [-0.1, -0.05) is 23.7 Å². The van der Waals surface area contributed by atoms with Crippen molar-refractivity contribution < 1.29 is 26.6 Å². The summed E-state index contributed by atoms with van der Waals surface area (Å²) in [7, 11) is 0. The number of nitrogens with zero attached hydrogens (tertiary/aromatic N) is 1. The first-order chi connectivity index (χ1) is 15.3. The standard InChI is InChI=1S/C22H20ClF3NO4PS/c1-12-9-13(2)17(15(23)10-12)18-20(31-32(4,33)29-11-22(24,25)26)14(3)19(30-21(18)28)16-7-5-6-8-27-16/h5-10H,11H2,1-4H3. The molecule has 1 unspecified atom stereocenters. The Kier molecular flexibility index (Phi) is 7.39. The van der Waals surface area contributed by atoms with E-state index in [1.54, 1.807) is 38.1 Å². The van der Waals surface area contributed by atoms with Gasteiger partial charge in [0.15, 0.2) is 12.4 Å². The van der Waals surface area contributed by atoms with Gasteiger partial charge in [0.2, 0.25) is 6.49 Å². The minimum absolute atomic E-state index is 0.0404. The fraction of sp³-hybridized carbons (Fsp3) is 0.273. The van der Waals surface area contributed by atoms with Gasteiger partial charge < -0.3 is 13.5 Å². The zero-order chi connectivity index (χ0) is 24.6. The van der Waals surface area contributed by atoms with E-state index in [1.807, 2.05) is 13.0 Å². The molecule has 11 heteroatoms. The second-order valence-electron chi connectivity index (χ2n) is 7.45. The second kappa shape index (κ2) is 9.58. The van der Waals surface area contributed by atoms with Gasteiger partial charge in [0.1, 0.15) is 17.0 Å². The Morgan fingerprint density at radius 3 is 2.45 bits per heavy atom. The molecule has 0 aliphatic carbocycles. The van der Waals surface area contributed by atoms with E-state index in [4.69, 9.17) is 36.9 Å². The Labute approximate surface area is 198 Å². The molecular formula is C22H20ClF3NO4PS. The largest absolute Gasteiger partial charge is 0.442 e. The SMILES string of the molecule is Cc1cc(C)c(-c2c(OP(C)(=S)OCC(F)(F)F)c(C)c(-c3ccccn3)oc2=O)c(Cl)c1. The average molecular weight is 518 g/mol. The van der Waals surface area contributed by atoms with Crippen molar-refractivity contribution in [1.82, 2.24) is 4.98 Å². The summed E-state index contributed by atoms with van der Waals surface area (Å²) in [4.78, 5) is 17.4. The molecule has 0 N–H and O–H groups in total. The highest BCUT2D eigenvalue weighted by Gasteiger charge is 2.33. The monoisotopic (exact) mass is 517 g/mol. The van der Waals surface area contributed by atoms with Crippen LogP contribution < -0.4 is 10.1 Å². The molecule has 2 aromatic heterocycles. The lowest BCUT2D eigenvalue weighted by molar-refractivity contribution is -0.153. The molecule has 0 radical (unpaired) electrons. The Bertz CT molecular complexity index is 1270. The van der Waals surface area contributed by atoms with E-state index in [1.165, 1.54) is 12.9 Å². The predicted octanol–water partition coefficient (Wildman–Crippen LogP) is 6.84. The third-order valence-corrected chi connectivity index (χ3v) is 6.56. The smallest absolute Gasteiger partial charge is 0.412 e. The van der Waals surface area contributed by atoms with Gasteiger partial charge in [-0.05, 0) is 61.9 Å². The molecule has 0 saturated heterocycles. The summed E-state index contributed by atoms with van der Waals surface area (Å²) in [5.74, 6) is 0.0554. The van der Waals surface area contributed by atoms with Crippen molar-refractivity contribution in [2.75, 3.05) is 13.3 Å². The van der Waals surface area contributed by atoms with Gasteiger partial charge in [-0.2, -0.15) is 13.2 Å². The minimum atomic E-state index is -4.59. The Hall–Kier alpha value is -2.19. The number of aromatic nitrogens is 1. The van der Waals surface area contributed by atoms with E-state index < -0.39 is 24.9 Å². The van der Waals surface area contributed by atoms with Crippen LogP contribution >= 0.6 is 18.1 Å². The molecule has 2 heterocycles. The maximum absolute atomic E-state index is 13.2. The van der Waals surface area contributed by atoms with E-state index in [0.717, 1.165) is 5.56 Å². The van der Waals surface area contributed by atoms with Crippen LogP contribution in [-0.4, -0.2) is 24.4 Å². The summed E-state index contributed by atoms with van der Waals surface area (Å²) in [6.07, 6.45) is -3.08. The molecule has 3 aromatic rings. The van der Waals surface area contributed by atoms with Crippen molar-refractivity contribution in [3.63, 3.8) is 0 Å². The maximum Gasteiger partial charge on any atom is 0.412 e. The molecule has 33 heavy (non-hydrogen) atoms. The van der Waals surface area contributed by atoms with Crippen LogP contribution in [0.5, 0.6) is 5.75 Å². The third kappa shape index (κ3) is 6.03. The maximum atomic E-state index is 13.2. The van der Waals surface area contributed by atoms with E-state index in [9.17, 15) is 18.0 Å². The van der Waals surface area contributed by atoms with Crippen LogP contribution in [0.15, 0.2) is 45.7 Å². The molecule has 176 valence electrons. The van der Waals surface area contributed by atoms with Gasteiger partial charge in [-0.3, -0.25) is 4.98 Å². The highest BCUT2D eigenvalue weighted by Crippen LogP contribution is 2.51. The van der Waals surface area contributed by atoms with E-state index >= 15 is 0 Å². The number of rotatable bonds is 6. The zero-order valence-corrected chi connectivity index (χ0v) is 20.6. The molecule has 0 saturated carbocycles. The third-order valence-electron chi connectivity index (χ3n) is 4.61. The van der Waals surface area contributed by atoms with Gasteiger partial charge in [0, 0.05) is 29.0 Å². The van der Waals surface area contributed by atoms with Gasteiger partial charge in [-0.25, -0.2) is 4.79 Å². The van der Waals surface area contributed by atoms with Crippen LogP contribution in [0.4, 0.5) is 13.2 Å². The molecule has 0 fully saturated rings. The number of halogens is 4. The second-order valence-corrected chi connectivity index (χ2v) is 11.8. The molecule has 0 amide bonds. The minimum Gasteiger partial charge on any atom is -0.442 e. The van der Waals surface area contributed by atoms with E-state index in [2.05, 4.69) is 4.98 Å². The highest BCUT2D eigenvalue weighted by atomic mass is 35.5. The first-order valence-corrected chi connectivity index (χ1v) is 13.1. The molecule has 5 nitrogen and oxygen atoms in total. The van der Waals surface area contributed by atoms with Crippen LogP contribution in [0.25, 0.3) is 22.6 Å². The lowest BCUT2D eigenvalue weighted by Crippen LogP contribution is -2.17. The van der Waals surface area contributed by atoms with Crippen molar-refractivity contribution >= 4 is 29.9 Å². The summed E-state index contributed by atoms with van der Waals surface area (Å²) < 4.78 is 54.6. The summed E-state index contributed by atoms with van der Waals surface area (Å²) in [6, 6.07) is 8.50. The van der Waals surface area contributed by atoms with E-state index in [0.29, 0.717) is 22.4 Å². The Balaban J connectivity index is 2.27. The average Bonchev–Trinajstić information content (AvgIpc) is 2.70. The number of hydrogen-bond donors (Lipinski definition) is 0. The van der Waals surface area contributed by atoms with Gasteiger partial charge >= 0.3 is 11.8 Å². The fourth-order valence-electron chi connectivity index (χ4n) is 3.29. The van der Waals surface area contributed by atoms with Crippen LogP contribution in [0, 0.1) is 20.8 Å². The van der Waals surface area contributed by atoms with Crippen molar-refractivity contribution in [3.8, 4) is 28.3 Å². The Morgan fingerprint density at radius 2 is 1.88 bits per heavy atom. The number of alkyl halides is 3.